The second-order valence-electron chi connectivity index (χ2n) is 8.48. The maximum atomic E-state index is 12.2. The maximum absolute atomic E-state index is 12.2. The lowest BCUT2D eigenvalue weighted by Gasteiger charge is -2.49. The second-order valence-corrected chi connectivity index (χ2v) is 8.48. The first kappa shape index (κ1) is 18.0. The van der Waals surface area contributed by atoms with Crippen molar-refractivity contribution in [3.8, 4) is 0 Å². The van der Waals surface area contributed by atoms with Crippen LogP contribution in [0.25, 0.3) is 0 Å². The summed E-state index contributed by atoms with van der Waals surface area (Å²) in [6.07, 6.45) is 7.66. The first-order valence-electron chi connectivity index (χ1n) is 9.58. The quantitative estimate of drug-likeness (QED) is 0.580. The van der Waals surface area contributed by atoms with Crippen molar-refractivity contribution in [2.75, 3.05) is 19.6 Å². The molecule has 0 aromatic carbocycles. The largest absolute Gasteiger partial charge is 0.471 e. The second kappa shape index (κ2) is 6.85. The van der Waals surface area contributed by atoms with Crippen molar-refractivity contribution in [1.82, 2.24) is 9.63 Å². The average Bonchev–Trinajstić information content (AvgIpc) is 2.58. The summed E-state index contributed by atoms with van der Waals surface area (Å²) < 4.78 is 3.69. The van der Waals surface area contributed by atoms with Crippen LogP contribution in [-0.4, -0.2) is 45.4 Å². The molecule has 1 aromatic heterocycles. The van der Waals surface area contributed by atoms with Crippen molar-refractivity contribution in [2.24, 2.45) is 5.41 Å². The Hall–Kier alpha value is -1.78. The van der Waals surface area contributed by atoms with Crippen LogP contribution in [0.5, 0.6) is 0 Å². The fourth-order valence-electron chi connectivity index (χ4n) is 3.90. The minimum atomic E-state index is -0.133. The zero-order valence-electron chi connectivity index (χ0n) is 16.1. The number of aromatic nitrogens is 1. The number of amidine groups is 1. The Kier molecular flexibility index (Phi) is 4.94. The lowest BCUT2D eigenvalue weighted by Crippen LogP contribution is -2.63. The van der Waals surface area contributed by atoms with Gasteiger partial charge in [-0.05, 0) is 52.0 Å². The van der Waals surface area contributed by atoms with Gasteiger partial charge >= 0.3 is 6.02 Å². The minimum absolute atomic E-state index is 0.0452. The summed E-state index contributed by atoms with van der Waals surface area (Å²) in [5, 5.41) is 0. The van der Waals surface area contributed by atoms with E-state index in [-0.39, 0.29) is 16.5 Å². The molecule has 0 saturated carbocycles. The van der Waals surface area contributed by atoms with Crippen LogP contribution in [0, 0.1) is 5.41 Å². The van der Waals surface area contributed by atoms with Gasteiger partial charge in [-0.25, -0.2) is 9.48 Å². The van der Waals surface area contributed by atoms with Crippen molar-refractivity contribution >= 4 is 6.02 Å². The third-order valence-corrected chi connectivity index (χ3v) is 6.34. The molecule has 2 aliphatic rings. The summed E-state index contributed by atoms with van der Waals surface area (Å²) in [4.78, 5) is 20.8. The molecule has 0 atom stereocenters. The van der Waals surface area contributed by atoms with Gasteiger partial charge in [0.1, 0.15) is 5.54 Å². The molecular formula is C20H32N3O2+. The molecule has 1 aromatic rings. The van der Waals surface area contributed by atoms with Crippen LogP contribution in [0.15, 0.2) is 29.2 Å². The van der Waals surface area contributed by atoms with Gasteiger partial charge in [0.15, 0.2) is 0 Å². The monoisotopic (exact) mass is 346 g/mol. The highest BCUT2D eigenvalue weighted by molar-refractivity contribution is 5.70. The molecule has 138 valence electrons. The summed E-state index contributed by atoms with van der Waals surface area (Å²) in [6.45, 7) is 12.2. The highest BCUT2D eigenvalue weighted by Crippen LogP contribution is 2.43. The Morgan fingerprint density at radius 1 is 1.08 bits per heavy atom. The molecule has 0 aliphatic carbocycles. The van der Waals surface area contributed by atoms with Gasteiger partial charge in [-0.1, -0.05) is 19.9 Å². The van der Waals surface area contributed by atoms with Crippen molar-refractivity contribution in [2.45, 2.75) is 65.3 Å². The van der Waals surface area contributed by atoms with Crippen molar-refractivity contribution in [3.63, 3.8) is 0 Å². The fourth-order valence-corrected chi connectivity index (χ4v) is 3.90. The van der Waals surface area contributed by atoms with Crippen LogP contribution in [0.4, 0.5) is 0 Å². The summed E-state index contributed by atoms with van der Waals surface area (Å²) >= 11 is 0. The van der Waals surface area contributed by atoms with E-state index in [4.69, 9.17) is 4.84 Å². The van der Waals surface area contributed by atoms with E-state index in [0.717, 1.165) is 32.1 Å². The molecule has 0 radical (unpaired) electrons. The fraction of sp³-hybridized carbons (Fsp3) is 0.700. The van der Waals surface area contributed by atoms with Crippen molar-refractivity contribution in [1.29, 1.82) is 0 Å². The molecule has 0 unspecified atom stereocenters. The van der Waals surface area contributed by atoms with Crippen LogP contribution in [0.2, 0.25) is 0 Å². The van der Waals surface area contributed by atoms with E-state index in [1.807, 2.05) is 6.07 Å². The Morgan fingerprint density at radius 2 is 1.80 bits per heavy atom. The zero-order valence-corrected chi connectivity index (χ0v) is 16.1. The minimum Gasteiger partial charge on any atom is -0.295 e. The van der Waals surface area contributed by atoms with Crippen LogP contribution >= 0.6 is 0 Å². The molecule has 5 nitrogen and oxygen atoms in total. The molecule has 25 heavy (non-hydrogen) atoms. The van der Waals surface area contributed by atoms with Gasteiger partial charge in [-0.3, -0.25) is 9.63 Å². The van der Waals surface area contributed by atoms with Crippen LogP contribution in [0.3, 0.4) is 0 Å². The van der Waals surface area contributed by atoms with Gasteiger partial charge < -0.3 is 0 Å². The number of likely N-dealkylation sites (tertiary alicyclic amines) is 1. The van der Waals surface area contributed by atoms with Crippen LogP contribution < -0.4 is 10.4 Å². The highest BCUT2D eigenvalue weighted by Gasteiger charge is 2.52. The van der Waals surface area contributed by atoms with E-state index in [1.54, 1.807) is 18.3 Å². The van der Waals surface area contributed by atoms with Crippen LogP contribution in [0.1, 0.15) is 59.8 Å². The van der Waals surface area contributed by atoms with Gasteiger partial charge in [0, 0.05) is 17.7 Å². The molecule has 2 fully saturated rings. The predicted octanol–water partition coefficient (Wildman–Crippen LogP) is 2.73. The van der Waals surface area contributed by atoms with E-state index in [9.17, 15) is 4.79 Å². The molecule has 2 saturated heterocycles. The highest BCUT2D eigenvalue weighted by atomic mass is 16.7. The van der Waals surface area contributed by atoms with Gasteiger partial charge in [-0.15, -0.1) is 4.73 Å². The Morgan fingerprint density at radius 3 is 2.48 bits per heavy atom. The third-order valence-electron chi connectivity index (χ3n) is 6.34. The molecule has 0 amide bonds. The number of rotatable bonds is 1. The predicted molar refractivity (Wildman–Crippen MR) is 99.9 cm³/mol. The number of nitrogens with zero attached hydrogens (tertiary/aromatic N) is 3. The summed E-state index contributed by atoms with van der Waals surface area (Å²) in [5.74, 6) is 0. The molecule has 0 bridgehead atoms. The van der Waals surface area contributed by atoms with Gasteiger partial charge in [0.05, 0.1) is 19.6 Å². The Bertz CT molecular complexity index is 695. The Labute approximate surface area is 150 Å². The normalized spacial score (nSPS) is 22.6. The molecule has 3 rings (SSSR count). The molecule has 0 N–H and O–H groups in total. The number of hydrogen-bond donors (Lipinski definition) is 0. The summed E-state index contributed by atoms with van der Waals surface area (Å²) in [7, 11) is 0. The number of hydrogen-bond acceptors (Lipinski definition) is 2. The summed E-state index contributed by atoms with van der Waals surface area (Å²) in [5.41, 5.74) is -0.000601. The number of piperidine rings is 2. The lowest BCUT2D eigenvalue weighted by molar-refractivity contribution is -0.552. The standard InChI is InChI=1S/C20H32N3O2/c1-19(2)12-10-15-22(20(19,3)4)18(21-13-7-5-8-14-21)25-23-16-9-6-11-17(23)24/h6,9,11,16H,5,7-8,10,12-15H2,1-4H3/q+1. The zero-order chi connectivity index (χ0) is 18.1. The van der Waals surface area contributed by atoms with Gasteiger partial charge in [0.25, 0.3) is 5.56 Å². The van der Waals surface area contributed by atoms with E-state index >= 15 is 0 Å². The SMILES string of the molecule is CC1(C)CCCN(C(On2ccccc2=O)=[N+]2CCCCC2)C1(C)C. The van der Waals surface area contributed by atoms with Gasteiger partial charge in [-0.2, -0.15) is 0 Å². The first-order valence-corrected chi connectivity index (χ1v) is 9.58. The smallest absolute Gasteiger partial charge is 0.295 e. The molecule has 5 heteroatoms. The van der Waals surface area contributed by atoms with E-state index in [0.29, 0.717) is 0 Å². The molecular weight excluding hydrogens is 314 g/mol. The van der Waals surface area contributed by atoms with Crippen molar-refractivity contribution < 1.29 is 9.41 Å². The Balaban J connectivity index is 2.02. The van der Waals surface area contributed by atoms with Gasteiger partial charge in [0.2, 0.25) is 0 Å². The molecule has 0 spiro atoms. The first-order chi connectivity index (χ1) is 11.8. The van der Waals surface area contributed by atoms with E-state index < -0.39 is 0 Å². The topological polar surface area (TPSA) is 37.5 Å². The lowest BCUT2D eigenvalue weighted by atomic mass is 9.68. The molecule has 2 aliphatic heterocycles. The van der Waals surface area contributed by atoms with E-state index in [1.165, 1.54) is 30.4 Å². The average molecular weight is 346 g/mol. The third kappa shape index (κ3) is 3.46. The number of pyridine rings is 1. The van der Waals surface area contributed by atoms with E-state index in [2.05, 4.69) is 37.2 Å². The van der Waals surface area contributed by atoms with Crippen LogP contribution in [-0.2, 0) is 0 Å². The van der Waals surface area contributed by atoms with Crippen molar-refractivity contribution in [3.05, 3.63) is 34.7 Å². The molecule has 3 heterocycles. The maximum Gasteiger partial charge on any atom is 0.471 e. The summed E-state index contributed by atoms with van der Waals surface area (Å²) in [6, 6.07) is 5.96.